The molecule has 0 aromatic carbocycles. The first-order valence-corrected chi connectivity index (χ1v) is 7.87. The zero-order valence-electron chi connectivity index (χ0n) is 11.8. The van der Waals surface area contributed by atoms with Gasteiger partial charge in [-0.3, -0.25) is 4.90 Å². The summed E-state index contributed by atoms with van der Waals surface area (Å²) in [6.45, 7) is 6.65. The third kappa shape index (κ3) is 4.34. The average Bonchev–Trinajstić information content (AvgIpc) is 3.09. The van der Waals surface area contributed by atoms with E-state index in [2.05, 4.69) is 36.1 Å². The van der Waals surface area contributed by atoms with Crippen molar-refractivity contribution in [1.82, 2.24) is 15.2 Å². The Balaban J connectivity index is 1.64. The summed E-state index contributed by atoms with van der Waals surface area (Å²) < 4.78 is 0. The lowest BCUT2D eigenvalue weighted by Crippen LogP contribution is -2.29. The first-order valence-electron chi connectivity index (χ1n) is 6.99. The molecule has 1 aliphatic carbocycles. The van der Waals surface area contributed by atoms with Crippen molar-refractivity contribution in [3.05, 3.63) is 16.1 Å². The minimum Gasteiger partial charge on any atom is -0.314 e. The smallest absolute Gasteiger partial charge is 0.0798 e. The third-order valence-corrected chi connectivity index (χ3v) is 4.72. The fourth-order valence-electron chi connectivity index (χ4n) is 2.07. The van der Waals surface area contributed by atoms with Gasteiger partial charge in [0.1, 0.15) is 0 Å². The Morgan fingerprint density at radius 3 is 2.94 bits per heavy atom. The molecule has 1 atom stereocenters. The second kappa shape index (κ2) is 6.64. The highest BCUT2D eigenvalue weighted by molar-refractivity contribution is 7.09. The van der Waals surface area contributed by atoms with Crippen LogP contribution in [-0.4, -0.2) is 35.6 Å². The summed E-state index contributed by atoms with van der Waals surface area (Å²) in [6, 6.07) is 1.49. The molecule has 102 valence electrons. The number of rotatable bonds is 8. The number of hydrogen-bond acceptors (Lipinski definition) is 4. The number of aromatic nitrogens is 1. The molecule has 1 aromatic heterocycles. The van der Waals surface area contributed by atoms with Crippen LogP contribution in [-0.2, 0) is 6.54 Å². The van der Waals surface area contributed by atoms with Gasteiger partial charge in [0.15, 0.2) is 0 Å². The Bertz CT molecular complexity index is 360. The van der Waals surface area contributed by atoms with Crippen LogP contribution in [0, 0.1) is 6.92 Å². The highest BCUT2D eigenvalue weighted by atomic mass is 32.1. The molecule has 18 heavy (non-hydrogen) atoms. The lowest BCUT2D eigenvalue weighted by molar-refractivity contribution is 0.235. The maximum Gasteiger partial charge on any atom is 0.0798 e. The zero-order chi connectivity index (χ0) is 13.0. The molecular formula is C14H25N3S. The highest BCUT2D eigenvalue weighted by Gasteiger charge is 2.19. The number of nitrogens with zero attached hydrogens (tertiary/aromatic N) is 2. The predicted molar refractivity (Wildman–Crippen MR) is 78.0 cm³/mol. The summed E-state index contributed by atoms with van der Waals surface area (Å²) >= 11 is 1.77. The van der Waals surface area contributed by atoms with Crippen LogP contribution in [0.5, 0.6) is 0 Å². The molecule has 0 aliphatic heterocycles. The van der Waals surface area contributed by atoms with E-state index in [-0.39, 0.29) is 0 Å². The van der Waals surface area contributed by atoms with Crippen LogP contribution in [0.3, 0.4) is 0 Å². The van der Waals surface area contributed by atoms with Crippen molar-refractivity contribution in [3.8, 4) is 0 Å². The van der Waals surface area contributed by atoms with Gasteiger partial charge in [0.05, 0.1) is 11.2 Å². The van der Waals surface area contributed by atoms with Gasteiger partial charge in [0.2, 0.25) is 0 Å². The molecule has 0 bridgehead atoms. The lowest BCUT2D eigenvalue weighted by Gasteiger charge is -2.24. The summed E-state index contributed by atoms with van der Waals surface area (Å²) in [7, 11) is 2.22. The molecule has 2 rings (SSSR count). The van der Waals surface area contributed by atoms with Crippen molar-refractivity contribution >= 4 is 11.3 Å². The van der Waals surface area contributed by atoms with E-state index in [0.29, 0.717) is 6.04 Å². The van der Waals surface area contributed by atoms with Crippen molar-refractivity contribution in [1.29, 1.82) is 0 Å². The van der Waals surface area contributed by atoms with Crippen molar-refractivity contribution in [3.63, 3.8) is 0 Å². The SMILES string of the molecule is Cc1ncsc1CN(C)C(C)CCCNC1CC1. The van der Waals surface area contributed by atoms with Gasteiger partial charge in [-0.05, 0) is 53.1 Å². The van der Waals surface area contributed by atoms with E-state index in [4.69, 9.17) is 0 Å². The largest absolute Gasteiger partial charge is 0.314 e. The minimum atomic E-state index is 0.646. The Hall–Kier alpha value is -0.450. The van der Waals surface area contributed by atoms with E-state index < -0.39 is 0 Å². The molecule has 0 amide bonds. The van der Waals surface area contributed by atoms with Gasteiger partial charge in [-0.2, -0.15) is 0 Å². The topological polar surface area (TPSA) is 28.2 Å². The molecule has 1 aromatic rings. The Labute approximate surface area is 115 Å². The van der Waals surface area contributed by atoms with E-state index in [1.807, 2.05) is 5.51 Å². The molecule has 1 unspecified atom stereocenters. The summed E-state index contributed by atoms with van der Waals surface area (Å²) in [6.07, 6.45) is 5.33. The molecule has 1 aliphatic rings. The van der Waals surface area contributed by atoms with Crippen LogP contribution in [0.25, 0.3) is 0 Å². The molecule has 0 saturated heterocycles. The molecule has 0 radical (unpaired) electrons. The normalized spacial score (nSPS) is 17.3. The summed E-state index contributed by atoms with van der Waals surface area (Å²) in [5, 5.41) is 3.58. The molecule has 1 fully saturated rings. The van der Waals surface area contributed by atoms with Crippen LogP contribution in [0.4, 0.5) is 0 Å². The molecule has 1 N–H and O–H groups in total. The lowest BCUT2D eigenvalue weighted by atomic mass is 10.1. The number of nitrogens with one attached hydrogen (secondary N) is 1. The quantitative estimate of drug-likeness (QED) is 0.734. The second-order valence-corrected chi connectivity index (χ2v) is 6.44. The summed E-state index contributed by atoms with van der Waals surface area (Å²) in [4.78, 5) is 8.16. The summed E-state index contributed by atoms with van der Waals surface area (Å²) in [5.41, 5.74) is 3.14. The van der Waals surface area contributed by atoms with E-state index in [0.717, 1.165) is 12.6 Å². The van der Waals surface area contributed by atoms with Gasteiger partial charge in [0.25, 0.3) is 0 Å². The van der Waals surface area contributed by atoms with E-state index in [1.165, 1.54) is 42.8 Å². The predicted octanol–water partition coefficient (Wildman–Crippen LogP) is 2.80. The van der Waals surface area contributed by atoms with Gasteiger partial charge >= 0.3 is 0 Å². The van der Waals surface area contributed by atoms with Gasteiger partial charge in [0, 0.05) is 23.5 Å². The van der Waals surface area contributed by atoms with Crippen molar-refractivity contribution < 1.29 is 0 Å². The maximum atomic E-state index is 4.31. The first kappa shape index (κ1) is 14.0. The van der Waals surface area contributed by atoms with E-state index in [9.17, 15) is 0 Å². The first-order chi connectivity index (χ1) is 8.66. The highest BCUT2D eigenvalue weighted by Crippen LogP contribution is 2.19. The van der Waals surface area contributed by atoms with Gasteiger partial charge < -0.3 is 5.32 Å². The fourth-order valence-corrected chi connectivity index (χ4v) is 2.91. The van der Waals surface area contributed by atoms with Crippen LogP contribution < -0.4 is 5.32 Å². The monoisotopic (exact) mass is 267 g/mol. The van der Waals surface area contributed by atoms with Crippen LogP contribution in [0.15, 0.2) is 5.51 Å². The van der Waals surface area contributed by atoms with Crippen molar-refractivity contribution in [2.45, 2.75) is 58.2 Å². The fraction of sp³-hybridized carbons (Fsp3) is 0.786. The molecule has 0 spiro atoms. The molecule has 4 heteroatoms. The van der Waals surface area contributed by atoms with Crippen LogP contribution in [0.2, 0.25) is 0 Å². The van der Waals surface area contributed by atoms with Crippen molar-refractivity contribution in [2.75, 3.05) is 13.6 Å². The molecule has 1 saturated carbocycles. The minimum absolute atomic E-state index is 0.646. The maximum absolute atomic E-state index is 4.31. The molecular weight excluding hydrogens is 242 g/mol. The van der Waals surface area contributed by atoms with Crippen LogP contribution in [0.1, 0.15) is 43.2 Å². The Morgan fingerprint density at radius 2 is 2.33 bits per heavy atom. The average molecular weight is 267 g/mol. The Morgan fingerprint density at radius 1 is 1.56 bits per heavy atom. The number of thiazole rings is 1. The summed E-state index contributed by atoms with van der Waals surface area (Å²) in [5.74, 6) is 0. The molecule has 1 heterocycles. The standard InChI is InChI=1S/C14H25N3S/c1-11(5-4-8-15-13-6-7-13)17(3)9-14-12(2)16-10-18-14/h10-11,13,15H,4-9H2,1-3H3. The van der Waals surface area contributed by atoms with Crippen molar-refractivity contribution in [2.24, 2.45) is 0 Å². The van der Waals surface area contributed by atoms with Crippen LogP contribution >= 0.6 is 11.3 Å². The molecule has 3 nitrogen and oxygen atoms in total. The van der Waals surface area contributed by atoms with Gasteiger partial charge in [-0.1, -0.05) is 0 Å². The number of aryl methyl sites for hydroxylation is 1. The van der Waals surface area contributed by atoms with Gasteiger partial charge in [-0.25, -0.2) is 4.98 Å². The Kier molecular flexibility index (Phi) is 5.15. The second-order valence-electron chi connectivity index (χ2n) is 5.50. The number of hydrogen-bond donors (Lipinski definition) is 1. The zero-order valence-corrected chi connectivity index (χ0v) is 12.6. The van der Waals surface area contributed by atoms with E-state index in [1.54, 1.807) is 11.3 Å². The van der Waals surface area contributed by atoms with Gasteiger partial charge in [-0.15, -0.1) is 11.3 Å². The third-order valence-electron chi connectivity index (χ3n) is 3.80. The van der Waals surface area contributed by atoms with E-state index >= 15 is 0 Å².